The second-order valence-corrected chi connectivity index (χ2v) is 5.20. The molecule has 0 heterocycles. The number of rotatable bonds is 6. The molecule has 1 unspecified atom stereocenters. The molecule has 5 heteroatoms. The van der Waals surface area contributed by atoms with Gasteiger partial charge in [-0.3, -0.25) is 4.79 Å². The Morgan fingerprint density at radius 1 is 1.18 bits per heavy atom. The van der Waals surface area contributed by atoms with Gasteiger partial charge in [0.1, 0.15) is 11.5 Å². The van der Waals surface area contributed by atoms with E-state index < -0.39 is 11.9 Å². The Balaban J connectivity index is 2.37. The van der Waals surface area contributed by atoms with E-state index in [1.165, 1.54) is 0 Å². The molecule has 0 bridgehead atoms. The van der Waals surface area contributed by atoms with Crippen molar-refractivity contribution in [2.24, 2.45) is 0 Å². The molecule has 4 nitrogen and oxygen atoms in total. The van der Waals surface area contributed by atoms with Crippen molar-refractivity contribution in [2.45, 2.75) is 12.3 Å². The van der Waals surface area contributed by atoms with Crippen LogP contribution in [0.1, 0.15) is 17.0 Å². The van der Waals surface area contributed by atoms with E-state index >= 15 is 0 Å². The van der Waals surface area contributed by atoms with E-state index in [1.54, 1.807) is 50.6 Å². The van der Waals surface area contributed by atoms with E-state index in [1.807, 2.05) is 6.07 Å². The van der Waals surface area contributed by atoms with Crippen LogP contribution >= 0.6 is 11.6 Å². The Hall–Kier alpha value is -2.20. The zero-order chi connectivity index (χ0) is 16.1. The van der Waals surface area contributed by atoms with Crippen LogP contribution in [0.5, 0.6) is 11.5 Å². The molecule has 2 aromatic carbocycles. The van der Waals surface area contributed by atoms with Gasteiger partial charge in [-0.1, -0.05) is 35.9 Å². The first kappa shape index (κ1) is 16.2. The predicted octanol–water partition coefficient (Wildman–Crippen LogP) is 3.77. The largest absolute Gasteiger partial charge is 0.497 e. The highest BCUT2D eigenvalue weighted by Crippen LogP contribution is 2.32. The molecule has 116 valence electrons. The average molecular weight is 321 g/mol. The summed E-state index contributed by atoms with van der Waals surface area (Å²) in [5.74, 6) is -0.412. The third-order valence-corrected chi connectivity index (χ3v) is 3.84. The fourth-order valence-corrected chi connectivity index (χ4v) is 2.60. The Morgan fingerprint density at radius 3 is 2.50 bits per heavy atom. The molecule has 0 aromatic heterocycles. The zero-order valence-electron chi connectivity index (χ0n) is 12.4. The van der Waals surface area contributed by atoms with Gasteiger partial charge in [0.2, 0.25) is 0 Å². The molecule has 0 saturated carbocycles. The molecule has 0 aliphatic rings. The van der Waals surface area contributed by atoms with Crippen LogP contribution < -0.4 is 9.47 Å². The van der Waals surface area contributed by atoms with Gasteiger partial charge in [-0.25, -0.2) is 0 Å². The minimum Gasteiger partial charge on any atom is -0.497 e. The van der Waals surface area contributed by atoms with Crippen molar-refractivity contribution in [3.8, 4) is 11.5 Å². The summed E-state index contributed by atoms with van der Waals surface area (Å²) in [5, 5.41) is 10.00. The third-order valence-electron chi connectivity index (χ3n) is 3.50. The van der Waals surface area contributed by atoms with Gasteiger partial charge >= 0.3 is 5.97 Å². The van der Waals surface area contributed by atoms with Crippen molar-refractivity contribution in [1.29, 1.82) is 0 Å². The normalized spacial score (nSPS) is 11.8. The lowest BCUT2D eigenvalue weighted by Crippen LogP contribution is -2.15. The number of hydrogen-bond acceptors (Lipinski definition) is 3. The molecule has 0 amide bonds. The molecular weight excluding hydrogens is 304 g/mol. The molecule has 22 heavy (non-hydrogen) atoms. The first-order chi connectivity index (χ1) is 10.6. The fourth-order valence-electron chi connectivity index (χ4n) is 2.33. The summed E-state index contributed by atoms with van der Waals surface area (Å²) in [7, 11) is 3.11. The first-order valence-corrected chi connectivity index (χ1v) is 7.12. The highest BCUT2D eigenvalue weighted by Gasteiger charge is 2.24. The number of ether oxygens (including phenoxy) is 2. The maximum Gasteiger partial charge on any atom is 0.311 e. The van der Waals surface area contributed by atoms with Crippen molar-refractivity contribution < 1.29 is 19.4 Å². The Labute approximate surface area is 134 Å². The highest BCUT2D eigenvalue weighted by atomic mass is 35.5. The van der Waals surface area contributed by atoms with Crippen molar-refractivity contribution in [1.82, 2.24) is 0 Å². The van der Waals surface area contributed by atoms with E-state index in [0.717, 1.165) is 5.56 Å². The predicted molar refractivity (Wildman–Crippen MR) is 85.1 cm³/mol. The number of methoxy groups -OCH3 is 2. The Bertz CT molecular complexity index is 669. The molecule has 0 aliphatic heterocycles. The van der Waals surface area contributed by atoms with Gasteiger partial charge in [0.15, 0.2) is 0 Å². The molecule has 2 aromatic rings. The lowest BCUT2D eigenvalue weighted by Gasteiger charge is -2.17. The third kappa shape index (κ3) is 3.52. The van der Waals surface area contributed by atoms with Crippen LogP contribution in [0.2, 0.25) is 5.02 Å². The maximum absolute atomic E-state index is 11.7. The first-order valence-electron chi connectivity index (χ1n) is 6.75. The lowest BCUT2D eigenvalue weighted by atomic mass is 9.91. The van der Waals surface area contributed by atoms with E-state index in [4.69, 9.17) is 21.1 Å². The second kappa shape index (κ2) is 7.18. The number of carboxylic acid groups (broad SMARTS) is 1. The summed E-state index contributed by atoms with van der Waals surface area (Å²) in [6.07, 6.45) is 0.284. The average Bonchev–Trinajstić information content (AvgIpc) is 2.53. The molecule has 2 rings (SSSR count). The molecular formula is C17H17ClO4. The summed E-state index contributed by atoms with van der Waals surface area (Å²) in [4.78, 5) is 11.7. The number of carbonyl (C=O) groups is 1. The standard InChI is InChI=1S/C17H17ClO4/c1-21-12-8-7-11(16(10-12)22-2)9-14(17(19)20)13-5-3-4-6-15(13)18/h3-8,10,14H,9H2,1-2H3,(H,19,20). The summed E-state index contributed by atoms with van der Waals surface area (Å²) in [6, 6.07) is 12.3. The fraction of sp³-hybridized carbons (Fsp3) is 0.235. The van der Waals surface area contributed by atoms with Crippen LogP contribution in [-0.2, 0) is 11.2 Å². The van der Waals surface area contributed by atoms with Gasteiger partial charge in [-0.05, 0) is 29.7 Å². The van der Waals surface area contributed by atoms with Gasteiger partial charge in [0, 0.05) is 11.1 Å². The molecule has 1 atom stereocenters. The number of hydrogen-bond donors (Lipinski definition) is 1. The van der Waals surface area contributed by atoms with Gasteiger partial charge in [-0.2, -0.15) is 0 Å². The zero-order valence-corrected chi connectivity index (χ0v) is 13.1. The van der Waals surface area contributed by atoms with Crippen LogP contribution in [0.15, 0.2) is 42.5 Å². The van der Waals surface area contributed by atoms with Crippen LogP contribution in [0.3, 0.4) is 0 Å². The van der Waals surface area contributed by atoms with Crippen LogP contribution in [-0.4, -0.2) is 25.3 Å². The van der Waals surface area contributed by atoms with Crippen LogP contribution in [0.4, 0.5) is 0 Å². The number of aliphatic carboxylic acids is 1. The number of carboxylic acids is 1. The smallest absolute Gasteiger partial charge is 0.311 e. The molecule has 1 N–H and O–H groups in total. The number of benzene rings is 2. The van der Waals surface area contributed by atoms with E-state index in [9.17, 15) is 9.90 Å². The molecule has 0 radical (unpaired) electrons. The Kier molecular flexibility index (Phi) is 5.28. The quantitative estimate of drug-likeness (QED) is 0.880. The molecule has 0 spiro atoms. The van der Waals surface area contributed by atoms with Crippen LogP contribution in [0.25, 0.3) is 0 Å². The minimum absolute atomic E-state index is 0.284. The van der Waals surface area contributed by atoms with E-state index in [0.29, 0.717) is 22.1 Å². The monoisotopic (exact) mass is 320 g/mol. The topological polar surface area (TPSA) is 55.8 Å². The summed E-state index contributed by atoms with van der Waals surface area (Å²) in [5.41, 5.74) is 1.38. The second-order valence-electron chi connectivity index (χ2n) is 4.79. The van der Waals surface area contributed by atoms with Crippen LogP contribution in [0, 0.1) is 0 Å². The number of halogens is 1. The van der Waals surface area contributed by atoms with Gasteiger partial charge in [0.05, 0.1) is 20.1 Å². The Morgan fingerprint density at radius 2 is 1.91 bits per heavy atom. The molecule has 0 fully saturated rings. The van der Waals surface area contributed by atoms with Crippen molar-refractivity contribution >= 4 is 17.6 Å². The maximum atomic E-state index is 11.7. The lowest BCUT2D eigenvalue weighted by molar-refractivity contribution is -0.138. The van der Waals surface area contributed by atoms with Gasteiger partial charge in [0.25, 0.3) is 0 Å². The van der Waals surface area contributed by atoms with Crippen molar-refractivity contribution in [3.05, 3.63) is 58.6 Å². The van der Waals surface area contributed by atoms with Gasteiger partial charge < -0.3 is 14.6 Å². The van der Waals surface area contributed by atoms with Gasteiger partial charge in [-0.15, -0.1) is 0 Å². The molecule has 0 saturated heterocycles. The van der Waals surface area contributed by atoms with E-state index in [-0.39, 0.29) is 6.42 Å². The summed E-state index contributed by atoms with van der Waals surface area (Å²) >= 11 is 6.14. The highest BCUT2D eigenvalue weighted by molar-refractivity contribution is 6.31. The van der Waals surface area contributed by atoms with Crippen molar-refractivity contribution in [3.63, 3.8) is 0 Å². The minimum atomic E-state index is -0.925. The summed E-state index contributed by atoms with van der Waals surface area (Å²) < 4.78 is 10.5. The summed E-state index contributed by atoms with van der Waals surface area (Å²) in [6.45, 7) is 0. The SMILES string of the molecule is COc1ccc(CC(C(=O)O)c2ccccc2Cl)c(OC)c1. The molecule has 0 aliphatic carbocycles. The van der Waals surface area contributed by atoms with E-state index in [2.05, 4.69) is 0 Å². The van der Waals surface area contributed by atoms with Crippen molar-refractivity contribution in [2.75, 3.05) is 14.2 Å².